The highest BCUT2D eigenvalue weighted by Crippen LogP contribution is 1.80. The van der Waals surface area contributed by atoms with Crippen LogP contribution in [0.1, 0.15) is 0 Å². The average molecular weight is 167 g/mol. The van der Waals surface area contributed by atoms with Crippen molar-refractivity contribution in [3.05, 3.63) is 0 Å². The van der Waals surface area contributed by atoms with Crippen LogP contribution in [0.2, 0.25) is 0 Å². The quantitative estimate of drug-likeness (QED) is 0.443. The molecule has 0 radical (unpaired) electrons. The van der Waals surface area contributed by atoms with Crippen LogP contribution < -0.4 is 16.2 Å². The van der Waals surface area contributed by atoms with Crippen LogP contribution in [-0.4, -0.2) is 33.8 Å². The van der Waals surface area contributed by atoms with Crippen molar-refractivity contribution in [1.29, 1.82) is 0 Å². The Morgan fingerprint density at radius 2 is 1.80 bits per heavy atom. The van der Waals surface area contributed by atoms with Gasteiger partial charge in [0.15, 0.2) is 0 Å². The lowest BCUT2D eigenvalue weighted by atomic mass is 10.3. The van der Waals surface area contributed by atoms with E-state index in [1.807, 2.05) is 0 Å². The van der Waals surface area contributed by atoms with Gasteiger partial charge in [0.25, 0.3) is 0 Å². The molecule has 0 heterocycles. The van der Waals surface area contributed by atoms with Crippen molar-refractivity contribution in [2.75, 3.05) is 19.3 Å². The summed E-state index contributed by atoms with van der Waals surface area (Å²) in [4.78, 5) is 0. The van der Waals surface area contributed by atoms with Gasteiger partial charge >= 0.3 is 0 Å². The molecule has 0 spiro atoms. The Balaban J connectivity index is 3.87. The Morgan fingerprint density at radius 1 is 1.40 bits per heavy atom. The number of nitrogens with two attached hydrogens (primary N) is 2. The first-order chi connectivity index (χ1) is 4.49. The van der Waals surface area contributed by atoms with Gasteiger partial charge in [-0.3, -0.25) is 0 Å². The van der Waals surface area contributed by atoms with Crippen LogP contribution in [0, 0.1) is 0 Å². The van der Waals surface area contributed by atoms with E-state index < -0.39 is 10.0 Å². The van der Waals surface area contributed by atoms with Crippen molar-refractivity contribution in [3.8, 4) is 0 Å². The van der Waals surface area contributed by atoms with Crippen molar-refractivity contribution >= 4 is 10.0 Å². The Kier molecular flexibility index (Phi) is 3.80. The van der Waals surface area contributed by atoms with E-state index in [0.717, 1.165) is 6.26 Å². The fraction of sp³-hybridized carbons (Fsp3) is 1.00. The van der Waals surface area contributed by atoms with Gasteiger partial charge in [0.1, 0.15) is 0 Å². The first-order valence-electron chi connectivity index (χ1n) is 2.87. The molecule has 0 aromatic carbocycles. The monoisotopic (exact) mass is 167 g/mol. The van der Waals surface area contributed by atoms with Gasteiger partial charge in [-0.05, 0) is 0 Å². The number of nitrogens with one attached hydrogen (secondary N) is 1. The number of hydrogen-bond donors (Lipinski definition) is 3. The van der Waals surface area contributed by atoms with Gasteiger partial charge in [0.05, 0.1) is 6.26 Å². The van der Waals surface area contributed by atoms with Crippen molar-refractivity contribution in [2.24, 2.45) is 11.5 Å². The van der Waals surface area contributed by atoms with Crippen LogP contribution in [0.5, 0.6) is 0 Å². The van der Waals surface area contributed by atoms with Gasteiger partial charge in [-0.25, -0.2) is 13.1 Å². The second-order valence-corrected chi connectivity index (χ2v) is 3.84. The highest BCUT2D eigenvalue weighted by Gasteiger charge is 2.08. The second-order valence-electron chi connectivity index (χ2n) is 2.06. The lowest BCUT2D eigenvalue weighted by Gasteiger charge is -2.11. The predicted octanol–water partition coefficient (Wildman–Crippen LogP) is -2.18. The summed E-state index contributed by atoms with van der Waals surface area (Å²) in [5.41, 5.74) is 10.4. The molecule has 0 rings (SSSR count). The molecule has 0 saturated heterocycles. The minimum absolute atomic E-state index is 0.226. The minimum Gasteiger partial charge on any atom is -0.329 e. The van der Waals surface area contributed by atoms with Crippen LogP contribution in [0.3, 0.4) is 0 Å². The third-order valence-corrected chi connectivity index (χ3v) is 1.71. The maximum atomic E-state index is 10.5. The van der Waals surface area contributed by atoms with E-state index >= 15 is 0 Å². The molecule has 0 aromatic heterocycles. The molecule has 6 heteroatoms. The second kappa shape index (κ2) is 3.87. The molecule has 0 amide bonds. The molecule has 0 bridgehead atoms. The molecule has 0 unspecified atom stereocenters. The number of sulfonamides is 1. The van der Waals surface area contributed by atoms with Crippen molar-refractivity contribution in [1.82, 2.24) is 4.72 Å². The van der Waals surface area contributed by atoms with E-state index in [4.69, 9.17) is 11.5 Å². The minimum atomic E-state index is -3.16. The van der Waals surface area contributed by atoms with E-state index in [0.29, 0.717) is 0 Å². The Morgan fingerprint density at radius 3 is 1.90 bits per heavy atom. The molecule has 0 atom stereocenters. The number of rotatable bonds is 4. The SMILES string of the molecule is CS(=O)(=O)NC(CN)CN. The molecule has 0 aromatic rings. The standard InChI is InChI=1S/C4H13N3O2S/c1-10(8,9)7-4(2-5)3-6/h4,7H,2-3,5-6H2,1H3. The highest BCUT2D eigenvalue weighted by atomic mass is 32.2. The van der Waals surface area contributed by atoms with Crippen LogP contribution in [0.4, 0.5) is 0 Å². The third-order valence-electron chi connectivity index (χ3n) is 0.950. The summed E-state index contributed by atoms with van der Waals surface area (Å²) in [6.07, 6.45) is 1.07. The van der Waals surface area contributed by atoms with E-state index in [1.54, 1.807) is 0 Å². The maximum absolute atomic E-state index is 10.5. The van der Waals surface area contributed by atoms with E-state index in [2.05, 4.69) is 4.72 Å². The van der Waals surface area contributed by atoms with Crippen LogP contribution in [0.15, 0.2) is 0 Å². The van der Waals surface area contributed by atoms with Crippen LogP contribution in [-0.2, 0) is 10.0 Å². The molecule has 0 aliphatic heterocycles. The average Bonchev–Trinajstić information content (AvgIpc) is 1.81. The van der Waals surface area contributed by atoms with Crippen LogP contribution >= 0.6 is 0 Å². The van der Waals surface area contributed by atoms with Gasteiger partial charge < -0.3 is 11.5 Å². The maximum Gasteiger partial charge on any atom is 0.209 e. The Bertz CT molecular complexity index is 173. The summed E-state index contributed by atoms with van der Waals surface area (Å²) in [6, 6.07) is -0.338. The summed E-state index contributed by atoms with van der Waals surface area (Å²) >= 11 is 0. The summed E-state index contributed by atoms with van der Waals surface area (Å²) in [7, 11) is -3.16. The van der Waals surface area contributed by atoms with Crippen molar-refractivity contribution in [2.45, 2.75) is 6.04 Å². The molecule has 0 aliphatic rings. The number of hydrogen-bond acceptors (Lipinski definition) is 4. The van der Waals surface area contributed by atoms with E-state index in [-0.39, 0.29) is 19.1 Å². The summed E-state index contributed by atoms with van der Waals surface area (Å²) in [5, 5.41) is 0. The molecule has 0 aliphatic carbocycles. The van der Waals surface area contributed by atoms with Gasteiger partial charge in [0, 0.05) is 19.1 Å². The van der Waals surface area contributed by atoms with Gasteiger partial charge in [-0.2, -0.15) is 0 Å². The lowest BCUT2D eigenvalue weighted by molar-refractivity contribution is 0.558. The van der Waals surface area contributed by atoms with Crippen molar-refractivity contribution in [3.63, 3.8) is 0 Å². The van der Waals surface area contributed by atoms with Crippen molar-refractivity contribution < 1.29 is 8.42 Å². The lowest BCUT2D eigenvalue weighted by Crippen LogP contribution is -2.44. The van der Waals surface area contributed by atoms with E-state index in [9.17, 15) is 8.42 Å². The molecule has 0 saturated carbocycles. The summed E-state index contributed by atoms with van der Waals surface area (Å²) in [6.45, 7) is 0.452. The summed E-state index contributed by atoms with van der Waals surface area (Å²) in [5.74, 6) is 0. The zero-order valence-electron chi connectivity index (χ0n) is 5.87. The normalized spacial score (nSPS) is 12.4. The summed E-state index contributed by atoms with van der Waals surface area (Å²) < 4.78 is 23.4. The fourth-order valence-electron chi connectivity index (χ4n) is 0.495. The Labute approximate surface area is 60.8 Å². The van der Waals surface area contributed by atoms with Gasteiger partial charge in [-0.1, -0.05) is 0 Å². The fourth-order valence-corrected chi connectivity index (χ4v) is 1.29. The Hall–Kier alpha value is -0.170. The zero-order chi connectivity index (χ0) is 8.20. The van der Waals surface area contributed by atoms with E-state index in [1.165, 1.54) is 0 Å². The van der Waals surface area contributed by atoms with Gasteiger partial charge in [-0.15, -0.1) is 0 Å². The highest BCUT2D eigenvalue weighted by molar-refractivity contribution is 7.88. The van der Waals surface area contributed by atoms with Gasteiger partial charge in [0.2, 0.25) is 10.0 Å². The zero-order valence-corrected chi connectivity index (χ0v) is 6.69. The smallest absolute Gasteiger partial charge is 0.209 e. The first kappa shape index (κ1) is 9.83. The first-order valence-corrected chi connectivity index (χ1v) is 4.76. The molecule has 0 fully saturated rings. The molecule has 62 valence electrons. The molecular formula is C4H13N3O2S. The molecular weight excluding hydrogens is 154 g/mol. The third kappa shape index (κ3) is 4.68. The predicted molar refractivity (Wildman–Crippen MR) is 39.9 cm³/mol. The topological polar surface area (TPSA) is 98.2 Å². The largest absolute Gasteiger partial charge is 0.329 e. The molecule has 5 nitrogen and oxygen atoms in total. The van der Waals surface area contributed by atoms with Crippen LogP contribution in [0.25, 0.3) is 0 Å². The molecule has 10 heavy (non-hydrogen) atoms. The molecule has 5 N–H and O–H groups in total.